The number of aryl methyl sites for hydroxylation is 1. The fourth-order valence-corrected chi connectivity index (χ4v) is 4.11. The molecule has 0 saturated heterocycles. The van der Waals surface area contributed by atoms with Crippen LogP contribution in [0.1, 0.15) is 32.9 Å². The van der Waals surface area contributed by atoms with Crippen LogP contribution in [0.3, 0.4) is 0 Å². The number of aliphatic imine (C=N–C) groups is 2. The van der Waals surface area contributed by atoms with E-state index in [2.05, 4.69) is 32.6 Å². The number of amidine groups is 1. The minimum atomic E-state index is -0.128. The van der Waals surface area contributed by atoms with Gasteiger partial charge in [0.1, 0.15) is 11.6 Å². The predicted molar refractivity (Wildman–Crippen MR) is 129 cm³/mol. The molecule has 1 aromatic heterocycles. The second-order valence-corrected chi connectivity index (χ2v) is 8.65. The van der Waals surface area contributed by atoms with Crippen LogP contribution in [-0.2, 0) is 11.3 Å². The Morgan fingerprint density at radius 2 is 2.09 bits per heavy atom. The van der Waals surface area contributed by atoms with Crippen molar-refractivity contribution in [1.29, 1.82) is 0 Å². The van der Waals surface area contributed by atoms with Gasteiger partial charge in [-0.25, -0.2) is 4.98 Å². The lowest BCUT2D eigenvalue weighted by Gasteiger charge is -2.19. The first-order valence-electron chi connectivity index (χ1n) is 10.5. The molecule has 0 aliphatic carbocycles. The van der Waals surface area contributed by atoms with Crippen molar-refractivity contribution in [3.8, 4) is 0 Å². The molecule has 170 valence electrons. The number of amides is 1. The van der Waals surface area contributed by atoms with Gasteiger partial charge < -0.3 is 10.1 Å². The van der Waals surface area contributed by atoms with E-state index >= 15 is 0 Å². The first kappa shape index (κ1) is 23.8. The Morgan fingerprint density at radius 3 is 2.81 bits per heavy atom. The van der Waals surface area contributed by atoms with Crippen LogP contribution in [0.2, 0.25) is 0 Å². The van der Waals surface area contributed by atoms with E-state index in [0.29, 0.717) is 47.2 Å². The molecule has 2 aromatic rings. The molecule has 2 N–H and O–H groups in total. The average molecular weight is 455 g/mol. The number of carbonyl (C=O) groups excluding carboxylic acids is 1. The highest BCUT2D eigenvalue weighted by Crippen LogP contribution is 2.19. The number of nitrogens with one attached hydrogen (secondary N) is 2. The number of hydrogen-bond donors (Lipinski definition) is 2. The molecule has 1 aliphatic rings. The van der Waals surface area contributed by atoms with Gasteiger partial charge in [-0.2, -0.15) is 5.01 Å². The minimum absolute atomic E-state index is 0.128. The second-order valence-electron chi connectivity index (χ2n) is 7.65. The number of thiazole rings is 1. The lowest BCUT2D eigenvalue weighted by Crippen LogP contribution is -2.41. The van der Waals surface area contributed by atoms with Crippen LogP contribution in [0.4, 0.5) is 0 Å². The fraction of sp³-hybridized carbons (Fsp3) is 0.391. The summed E-state index contributed by atoms with van der Waals surface area (Å²) in [6.07, 6.45) is 5.73. The van der Waals surface area contributed by atoms with Crippen LogP contribution in [0.25, 0.3) is 0 Å². The van der Waals surface area contributed by atoms with E-state index in [1.165, 1.54) is 11.3 Å². The van der Waals surface area contributed by atoms with Gasteiger partial charge >= 0.3 is 0 Å². The molecule has 8 nitrogen and oxygen atoms in total. The molecule has 1 aromatic carbocycles. The number of benzene rings is 1. The molecule has 9 heteroatoms. The van der Waals surface area contributed by atoms with Crippen LogP contribution in [0.15, 0.2) is 52.6 Å². The van der Waals surface area contributed by atoms with E-state index in [-0.39, 0.29) is 11.8 Å². The number of hydrogen-bond acceptors (Lipinski definition) is 7. The van der Waals surface area contributed by atoms with E-state index in [1.807, 2.05) is 56.6 Å². The first-order valence-corrected chi connectivity index (χ1v) is 11.3. The number of allylic oxidation sites excluding steroid dienone is 1. The lowest BCUT2D eigenvalue weighted by molar-refractivity contribution is 0.0191. The van der Waals surface area contributed by atoms with Crippen LogP contribution in [0, 0.1) is 18.8 Å². The number of ether oxygens (including phenoxy) is 1. The molecule has 2 atom stereocenters. The number of nitrogens with zero attached hydrogens (tertiary/aromatic N) is 4. The quantitative estimate of drug-likeness (QED) is 0.263. The van der Waals surface area contributed by atoms with Crippen molar-refractivity contribution in [2.24, 2.45) is 21.8 Å². The van der Waals surface area contributed by atoms with Gasteiger partial charge in [-0.15, -0.1) is 11.3 Å². The smallest absolute Gasteiger partial charge is 0.263 e. The van der Waals surface area contributed by atoms with Crippen molar-refractivity contribution in [2.75, 3.05) is 27.4 Å². The normalized spacial score (nSPS) is 18.2. The van der Waals surface area contributed by atoms with E-state index in [1.54, 1.807) is 18.3 Å². The van der Waals surface area contributed by atoms with E-state index in [4.69, 9.17) is 4.74 Å². The van der Waals surface area contributed by atoms with Gasteiger partial charge in [-0.1, -0.05) is 43.3 Å². The highest BCUT2D eigenvalue weighted by Gasteiger charge is 2.21. The molecule has 0 saturated carbocycles. The fourth-order valence-electron chi connectivity index (χ4n) is 3.14. The Morgan fingerprint density at radius 1 is 1.31 bits per heavy atom. The number of carbonyl (C=O) groups is 1. The third kappa shape index (κ3) is 6.56. The Kier molecular flexibility index (Phi) is 8.66. The Hall–Kier alpha value is -2.88. The maximum atomic E-state index is 12.7. The monoisotopic (exact) mass is 454 g/mol. The molecule has 0 radical (unpaired) electrons. The second kappa shape index (κ2) is 11.7. The summed E-state index contributed by atoms with van der Waals surface area (Å²) in [6.45, 7) is 5.37. The van der Waals surface area contributed by atoms with Gasteiger partial charge in [-0.05, 0) is 18.4 Å². The average Bonchev–Trinajstić information content (AvgIpc) is 3.19. The lowest BCUT2D eigenvalue weighted by atomic mass is 9.93. The summed E-state index contributed by atoms with van der Waals surface area (Å²) in [5, 5.41) is 5.45. The van der Waals surface area contributed by atoms with E-state index < -0.39 is 0 Å². The molecule has 32 heavy (non-hydrogen) atoms. The number of rotatable bonds is 9. The summed E-state index contributed by atoms with van der Waals surface area (Å²) in [5.41, 5.74) is 4.98. The van der Waals surface area contributed by atoms with Crippen LogP contribution < -0.4 is 10.7 Å². The predicted octanol–water partition coefficient (Wildman–Crippen LogP) is 3.02. The summed E-state index contributed by atoms with van der Waals surface area (Å²) in [4.78, 5) is 26.4. The number of hydrazine groups is 1. The minimum Gasteiger partial charge on any atom is -0.360 e. The zero-order chi connectivity index (χ0) is 22.9. The maximum Gasteiger partial charge on any atom is 0.263 e. The highest BCUT2D eigenvalue weighted by molar-refractivity contribution is 7.15. The van der Waals surface area contributed by atoms with Crippen molar-refractivity contribution in [1.82, 2.24) is 20.7 Å². The Bertz CT molecular complexity index is 986. The standard InChI is InChI=1S/C23H30N6O2S/c1-16-10-11-25-12-19(16)13-26-22(30)20-17(2)27-23(32-20)21(24-3)28-29(4)15-31-14-18-8-6-5-7-9-18/h5-12,16,19H,13-15H2,1-4H3,(H,24,28)(H,26,30). The zero-order valence-corrected chi connectivity index (χ0v) is 19.7. The first-order chi connectivity index (χ1) is 15.5. The SMILES string of the molecule is CN=C(NN(C)COCc1ccccc1)c1nc(C)c(C(=O)NCC2C=NC=CC2C)s1. The van der Waals surface area contributed by atoms with Gasteiger partial charge in [0.05, 0.1) is 12.3 Å². The molecule has 0 spiro atoms. The van der Waals surface area contributed by atoms with Crippen LogP contribution >= 0.6 is 11.3 Å². The molecular weight excluding hydrogens is 424 g/mol. The van der Waals surface area contributed by atoms with Crippen molar-refractivity contribution in [3.05, 3.63) is 63.7 Å². The van der Waals surface area contributed by atoms with Gasteiger partial charge in [-0.3, -0.25) is 20.2 Å². The van der Waals surface area contributed by atoms with Crippen LogP contribution in [-0.4, -0.2) is 55.3 Å². The van der Waals surface area contributed by atoms with Gasteiger partial charge in [0.2, 0.25) is 0 Å². The van der Waals surface area contributed by atoms with Crippen molar-refractivity contribution in [3.63, 3.8) is 0 Å². The van der Waals surface area contributed by atoms with Gasteiger partial charge in [0.15, 0.2) is 10.8 Å². The van der Waals surface area contributed by atoms with Crippen molar-refractivity contribution >= 4 is 29.3 Å². The summed E-state index contributed by atoms with van der Waals surface area (Å²) in [7, 11) is 3.56. The third-order valence-electron chi connectivity index (χ3n) is 5.05. The molecule has 0 fully saturated rings. The molecule has 1 aliphatic heterocycles. The molecular formula is C23H30N6O2S. The van der Waals surface area contributed by atoms with Gasteiger partial charge in [0.25, 0.3) is 5.91 Å². The maximum absolute atomic E-state index is 12.7. The van der Waals surface area contributed by atoms with Gasteiger partial charge in [0, 0.05) is 39.0 Å². The summed E-state index contributed by atoms with van der Waals surface area (Å²) < 4.78 is 5.74. The summed E-state index contributed by atoms with van der Waals surface area (Å²) >= 11 is 1.32. The van der Waals surface area contributed by atoms with E-state index in [0.717, 1.165) is 5.56 Å². The van der Waals surface area contributed by atoms with Crippen LogP contribution in [0.5, 0.6) is 0 Å². The highest BCUT2D eigenvalue weighted by atomic mass is 32.1. The third-order valence-corrected chi connectivity index (χ3v) is 6.21. The van der Waals surface area contributed by atoms with Crippen molar-refractivity contribution in [2.45, 2.75) is 20.5 Å². The molecule has 1 amide bonds. The summed E-state index contributed by atoms with van der Waals surface area (Å²) in [6, 6.07) is 10.0. The zero-order valence-electron chi connectivity index (χ0n) is 18.9. The summed E-state index contributed by atoms with van der Waals surface area (Å²) in [5.74, 6) is 0.988. The topological polar surface area (TPSA) is 91.2 Å². The molecule has 0 bridgehead atoms. The van der Waals surface area contributed by atoms with E-state index in [9.17, 15) is 4.79 Å². The Labute approximate surface area is 193 Å². The largest absolute Gasteiger partial charge is 0.360 e. The molecule has 3 rings (SSSR count). The van der Waals surface area contributed by atoms with Crippen molar-refractivity contribution < 1.29 is 9.53 Å². The molecule has 2 heterocycles. The number of aromatic nitrogens is 1. The molecule has 2 unspecified atom stereocenters. The Balaban J connectivity index is 1.53.